The molecular weight excluding hydrogens is 336 g/mol. The van der Waals surface area contributed by atoms with Crippen molar-refractivity contribution in [1.29, 1.82) is 0 Å². The summed E-state index contributed by atoms with van der Waals surface area (Å²) in [6.45, 7) is 6.16. The molecule has 0 spiro atoms. The van der Waals surface area contributed by atoms with Gasteiger partial charge in [-0.2, -0.15) is 0 Å². The monoisotopic (exact) mass is 366 g/mol. The van der Waals surface area contributed by atoms with Crippen molar-refractivity contribution < 1.29 is 8.42 Å². The van der Waals surface area contributed by atoms with Crippen molar-refractivity contribution in [3.8, 4) is 0 Å². The van der Waals surface area contributed by atoms with E-state index in [0.717, 1.165) is 37.6 Å². The van der Waals surface area contributed by atoms with Crippen LogP contribution in [0.3, 0.4) is 0 Å². The molecule has 1 aromatic rings. The number of hydrogen-bond acceptors (Lipinski definition) is 4. The van der Waals surface area contributed by atoms with Crippen LogP contribution in [0.4, 0.5) is 0 Å². The molecule has 0 radical (unpaired) electrons. The van der Waals surface area contributed by atoms with Crippen LogP contribution in [-0.4, -0.2) is 64.8 Å². The lowest BCUT2D eigenvalue weighted by atomic mass is 10.1. The Bertz CT molecular complexity index is 671. The second-order valence-corrected chi connectivity index (χ2v) is 8.49. The van der Waals surface area contributed by atoms with Gasteiger partial charge in [0.15, 0.2) is 15.8 Å². The Morgan fingerprint density at radius 1 is 1.28 bits per heavy atom. The van der Waals surface area contributed by atoms with E-state index in [1.165, 1.54) is 25.6 Å². The summed E-state index contributed by atoms with van der Waals surface area (Å²) >= 11 is 0. The van der Waals surface area contributed by atoms with E-state index in [1.807, 2.05) is 12.1 Å². The van der Waals surface area contributed by atoms with Gasteiger partial charge in [-0.05, 0) is 50.0 Å². The molecule has 2 rings (SSSR count). The van der Waals surface area contributed by atoms with Crippen molar-refractivity contribution >= 4 is 15.8 Å². The molecule has 0 bridgehead atoms. The van der Waals surface area contributed by atoms with Crippen LogP contribution in [0.5, 0.6) is 0 Å². The van der Waals surface area contributed by atoms with Crippen LogP contribution >= 0.6 is 0 Å². The average molecular weight is 367 g/mol. The van der Waals surface area contributed by atoms with Crippen LogP contribution in [0.2, 0.25) is 0 Å². The third-order valence-electron chi connectivity index (χ3n) is 4.69. The Balaban J connectivity index is 1.75. The molecule has 0 aliphatic carbocycles. The molecule has 1 heterocycles. The molecule has 2 N–H and O–H groups in total. The first kappa shape index (κ1) is 19.7. The Labute approximate surface area is 151 Å². The highest BCUT2D eigenvalue weighted by Crippen LogP contribution is 2.15. The van der Waals surface area contributed by atoms with Crippen LogP contribution in [0.25, 0.3) is 0 Å². The van der Waals surface area contributed by atoms with Crippen molar-refractivity contribution in [1.82, 2.24) is 15.5 Å². The summed E-state index contributed by atoms with van der Waals surface area (Å²) in [7, 11) is -1.35. The molecule has 1 saturated heterocycles. The largest absolute Gasteiger partial charge is 0.356 e. The van der Waals surface area contributed by atoms with Gasteiger partial charge in [0.1, 0.15) is 0 Å². The van der Waals surface area contributed by atoms with E-state index in [2.05, 4.69) is 27.4 Å². The number of guanidine groups is 1. The summed E-state index contributed by atoms with van der Waals surface area (Å²) in [4.78, 5) is 7.14. The van der Waals surface area contributed by atoms with Crippen LogP contribution in [0.15, 0.2) is 34.2 Å². The van der Waals surface area contributed by atoms with Gasteiger partial charge in [-0.25, -0.2) is 8.42 Å². The molecular formula is C18H30N4O2S. The Hall–Kier alpha value is -1.60. The van der Waals surface area contributed by atoms with E-state index in [1.54, 1.807) is 19.2 Å². The fraction of sp³-hybridized carbons (Fsp3) is 0.611. The van der Waals surface area contributed by atoms with E-state index in [4.69, 9.17) is 0 Å². The zero-order chi connectivity index (χ0) is 18.3. The van der Waals surface area contributed by atoms with Crippen molar-refractivity contribution in [3.63, 3.8) is 0 Å². The van der Waals surface area contributed by atoms with Gasteiger partial charge in [-0.15, -0.1) is 0 Å². The highest BCUT2D eigenvalue weighted by Gasteiger charge is 2.22. The molecule has 6 nitrogen and oxygen atoms in total. The van der Waals surface area contributed by atoms with Crippen molar-refractivity contribution in [2.45, 2.75) is 37.1 Å². The first-order valence-electron chi connectivity index (χ1n) is 8.91. The minimum absolute atomic E-state index is 0.360. The molecule has 1 aliphatic heterocycles. The maximum Gasteiger partial charge on any atom is 0.191 e. The van der Waals surface area contributed by atoms with Crippen molar-refractivity contribution in [2.75, 3.05) is 39.5 Å². The molecule has 1 unspecified atom stereocenters. The lowest BCUT2D eigenvalue weighted by molar-refractivity contribution is 0.267. The molecule has 0 amide bonds. The first-order valence-corrected chi connectivity index (χ1v) is 10.8. The van der Waals surface area contributed by atoms with E-state index in [0.29, 0.717) is 10.9 Å². The summed E-state index contributed by atoms with van der Waals surface area (Å²) < 4.78 is 22.9. The highest BCUT2D eigenvalue weighted by atomic mass is 32.2. The summed E-state index contributed by atoms with van der Waals surface area (Å²) in [5.74, 6) is 0.815. The maximum absolute atomic E-state index is 11.5. The summed E-state index contributed by atoms with van der Waals surface area (Å²) in [6.07, 6.45) is 4.55. The van der Waals surface area contributed by atoms with Crippen LogP contribution in [-0.2, 0) is 16.3 Å². The Morgan fingerprint density at radius 2 is 2.00 bits per heavy atom. The van der Waals surface area contributed by atoms with Gasteiger partial charge in [-0.3, -0.25) is 9.89 Å². The minimum Gasteiger partial charge on any atom is -0.356 e. The molecule has 140 valence electrons. The number of hydrogen-bond donors (Lipinski definition) is 2. The number of rotatable bonds is 7. The van der Waals surface area contributed by atoms with Crippen LogP contribution in [0, 0.1) is 0 Å². The lowest BCUT2D eigenvalue weighted by Crippen LogP contribution is -2.45. The SMILES string of the molecule is CCN1CCCC1CNC(=NC)NCCc1ccc(S(C)(=O)=O)cc1. The van der Waals surface area contributed by atoms with Crippen LogP contribution in [0.1, 0.15) is 25.3 Å². The number of sulfone groups is 1. The van der Waals surface area contributed by atoms with Crippen LogP contribution < -0.4 is 10.6 Å². The molecule has 0 saturated carbocycles. The fourth-order valence-corrected chi connectivity index (χ4v) is 3.84. The number of likely N-dealkylation sites (tertiary alicyclic amines) is 1. The Morgan fingerprint density at radius 3 is 2.60 bits per heavy atom. The summed E-state index contributed by atoms with van der Waals surface area (Å²) in [5.41, 5.74) is 1.10. The van der Waals surface area contributed by atoms with E-state index in [-0.39, 0.29) is 0 Å². The second kappa shape index (κ2) is 9.20. The normalized spacial score (nSPS) is 19.2. The molecule has 1 aromatic carbocycles. The number of aliphatic imine (C=N–C) groups is 1. The van der Waals surface area contributed by atoms with Gasteiger partial charge in [0.05, 0.1) is 4.90 Å². The van der Waals surface area contributed by atoms with E-state index >= 15 is 0 Å². The maximum atomic E-state index is 11.5. The second-order valence-electron chi connectivity index (χ2n) is 6.47. The fourth-order valence-electron chi connectivity index (χ4n) is 3.21. The molecule has 1 fully saturated rings. The quantitative estimate of drug-likeness (QED) is 0.562. The Kier molecular flexibility index (Phi) is 7.25. The van der Waals surface area contributed by atoms with Gasteiger partial charge in [-0.1, -0.05) is 19.1 Å². The summed E-state index contributed by atoms with van der Waals surface area (Å²) in [5, 5.41) is 6.73. The van der Waals surface area contributed by atoms with Crippen molar-refractivity contribution in [3.05, 3.63) is 29.8 Å². The zero-order valence-electron chi connectivity index (χ0n) is 15.5. The predicted octanol–water partition coefficient (Wildman–Crippen LogP) is 1.28. The predicted molar refractivity (Wildman–Crippen MR) is 103 cm³/mol. The van der Waals surface area contributed by atoms with Gasteiger partial charge < -0.3 is 10.6 Å². The topological polar surface area (TPSA) is 73.8 Å². The van der Waals surface area contributed by atoms with Gasteiger partial charge >= 0.3 is 0 Å². The number of likely N-dealkylation sites (N-methyl/N-ethyl adjacent to an activating group) is 1. The zero-order valence-corrected chi connectivity index (χ0v) is 16.3. The van der Waals surface area contributed by atoms with E-state index < -0.39 is 9.84 Å². The standard InChI is InChI=1S/C18H30N4O2S/c1-4-22-13-5-6-16(22)14-21-18(19-2)20-12-11-15-7-9-17(10-8-15)25(3,23)24/h7-10,16H,4-6,11-14H2,1-3H3,(H2,19,20,21). The minimum atomic E-state index is -3.13. The summed E-state index contributed by atoms with van der Waals surface area (Å²) in [6, 6.07) is 7.65. The lowest BCUT2D eigenvalue weighted by Gasteiger charge is -2.24. The third-order valence-corrected chi connectivity index (χ3v) is 5.82. The van der Waals surface area contributed by atoms with Crippen molar-refractivity contribution in [2.24, 2.45) is 4.99 Å². The molecule has 1 atom stereocenters. The molecule has 1 aliphatic rings. The van der Waals surface area contributed by atoms with E-state index in [9.17, 15) is 8.42 Å². The smallest absolute Gasteiger partial charge is 0.191 e. The van der Waals surface area contributed by atoms with Gasteiger partial charge in [0.25, 0.3) is 0 Å². The molecule has 7 heteroatoms. The molecule has 0 aromatic heterocycles. The molecule has 25 heavy (non-hydrogen) atoms. The van der Waals surface area contributed by atoms with Gasteiger partial charge in [0.2, 0.25) is 0 Å². The average Bonchev–Trinajstić information content (AvgIpc) is 3.05. The highest BCUT2D eigenvalue weighted by molar-refractivity contribution is 7.90. The van der Waals surface area contributed by atoms with Gasteiger partial charge in [0, 0.05) is 32.4 Å². The first-order chi connectivity index (χ1) is 11.9. The third kappa shape index (κ3) is 6.01. The number of nitrogens with one attached hydrogen (secondary N) is 2. The number of nitrogens with zero attached hydrogens (tertiary/aromatic N) is 2. The number of benzene rings is 1.